The van der Waals surface area contributed by atoms with Gasteiger partial charge in [0, 0.05) is 12.0 Å². The van der Waals surface area contributed by atoms with Gasteiger partial charge in [-0.1, -0.05) is 11.8 Å². The number of aliphatic hydroxyl groups is 1. The first-order chi connectivity index (χ1) is 6.36. The van der Waals surface area contributed by atoms with E-state index in [4.69, 9.17) is 9.84 Å². The molecular weight excluding hydrogens is 164 g/mol. The Bertz CT molecular complexity index is 303. The molecule has 0 spiro atoms. The van der Waals surface area contributed by atoms with Crippen LogP contribution >= 0.6 is 0 Å². The summed E-state index contributed by atoms with van der Waals surface area (Å²) in [4.78, 5) is 0. The van der Waals surface area contributed by atoms with Gasteiger partial charge in [0.05, 0.1) is 13.7 Å². The van der Waals surface area contributed by atoms with E-state index in [9.17, 15) is 0 Å². The van der Waals surface area contributed by atoms with Crippen molar-refractivity contribution >= 4 is 0 Å². The molecule has 1 aromatic rings. The lowest BCUT2D eigenvalue weighted by molar-refractivity contribution is 0.305. The Balaban J connectivity index is 2.65. The highest BCUT2D eigenvalue weighted by atomic mass is 16.5. The van der Waals surface area contributed by atoms with Gasteiger partial charge in [0.15, 0.2) is 0 Å². The largest absolute Gasteiger partial charge is 0.497 e. The molecule has 1 aromatic carbocycles. The van der Waals surface area contributed by atoms with E-state index in [1.54, 1.807) is 7.11 Å². The minimum absolute atomic E-state index is 0.114. The standard InChI is InChI=1S/C11H12O2/c1-13-11-7-5-10(6-8-11)4-2-3-9-12/h5-8,12H,3,9H2,1H3. The molecule has 0 aliphatic carbocycles. The van der Waals surface area contributed by atoms with Gasteiger partial charge in [0.2, 0.25) is 0 Å². The monoisotopic (exact) mass is 176 g/mol. The molecule has 0 aliphatic heterocycles. The van der Waals surface area contributed by atoms with Crippen LogP contribution in [-0.4, -0.2) is 18.8 Å². The van der Waals surface area contributed by atoms with Crippen molar-refractivity contribution in [1.29, 1.82) is 0 Å². The maximum Gasteiger partial charge on any atom is 0.118 e. The zero-order chi connectivity index (χ0) is 9.52. The molecule has 0 saturated carbocycles. The number of hydrogen-bond acceptors (Lipinski definition) is 2. The molecule has 68 valence electrons. The Morgan fingerprint density at radius 1 is 1.31 bits per heavy atom. The van der Waals surface area contributed by atoms with E-state index in [1.165, 1.54) is 0 Å². The highest BCUT2D eigenvalue weighted by Gasteiger charge is 1.88. The lowest BCUT2D eigenvalue weighted by Crippen LogP contribution is -1.82. The number of ether oxygens (including phenoxy) is 1. The third-order valence-electron chi connectivity index (χ3n) is 1.56. The van der Waals surface area contributed by atoms with Gasteiger partial charge < -0.3 is 9.84 Å². The van der Waals surface area contributed by atoms with Crippen molar-refractivity contribution in [3.8, 4) is 17.6 Å². The fourth-order valence-corrected chi connectivity index (χ4v) is 0.895. The van der Waals surface area contributed by atoms with Crippen LogP contribution in [0.2, 0.25) is 0 Å². The average Bonchev–Trinajstić information content (AvgIpc) is 2.19. The predicted molar refractivity (Wildman–Crippen MR) is 51.6 cm³/mol. The third-order valence-corrected chi connectivity index (χ3v) is 1.56. The van der Waals surface area contributed by atoms with Crippen LogP contribution in [0.15, 0.2) is 24.3 Å². The molecule has 0 aliphatic rings. The highest BCUT2D eigenvalue weighted by molar-refractivity contribution is 5.38. The lowest BCUT2D eigenvalue weighted by atomic mass is 10.2. The summed E-state index contributed by atoms with van der Waals surface area (Å²) in [5, 5.41) is 8.50. The molecular formula is C11H12O2. The molecule has 2 nitrogen and oxygen atoms in total. The Kier molecular flexibility index (Phi) is 3.87. The number of hydrogen-bond donors (Lipinski definition) is 1. The van der Waals surface area contributed by atoms with E-state index in [0.29, 0.717) is 6.42 Å². The van der Waals surface area contributed by atoms with Crippen molar-refractivity contribution in [2.45, 2.75) is 6.42 Å². The normalized spacial score (nSPS) is 8.77. The van der Waals surface area contributed by atoms with Crippen molar-refractivity contribution in [3.05, 3.63) is 29.8 Å². The van der Waals surface area contributed by atoms with E-state index < -0.39 is 0 Å². The SMILES string of the molecule is COc1ccc(C#CCCO)cc1. The van der Waals surface area contributed by atoms with Crippen LogP contribution in [0.4, 0.5) is 0 Å². The molecule has 0 amide bonds. The molecule has 0 fully saturated rings. The molecule has 0 atom stereocenters. The van der Waals surface area contributed by atoms with Crippen LogP contribution in [0.5, 0.6) is 5.75 Å². The Morgan fingerprint density at radius 3 is 2.54 bits per heavy atom. The van der Waals surface area contributed by atoms with Gasteiger partial charge >= 0.3 is 0 Å². The van der Waals surface area contributed by atoms with E-state index >= 15 is 0 Å². The molecule has 2 heteroatoms. The first-order valence-electron chi connectivity index (χ1n) is 4.10. The molecule has 1 N–H and O–H groups in total. The van der Waals surface area contributed by atoms with Gasteiger partial charge in [0.1, 0.15) is 5.75 Å². The molecule has 1 rings (SSSR count). The fourth-order valence-electron chi connectivity index (χ4n) is 0.895. The van der Waals surface area contributed by atoms with Gasteiger partial charge in [-0.2, -0.15) is 0 Å². The Hall–Kier alpha value is -1.46. The first kappa shape index (κ1) is 9.63. The van der Waals surface area contributed by atoms with Crippen LogP contribution < -0.4 is 4.74 Å². The number of benzene rings is 1. The molecule has 0 radical (unpaired) electrons. The van der Waals surface area contributed by atoms with Crippen LogP contribution in [0, 0.1) is 11.8 Å². The number of aliphatic hydroxyl groups excluding tert-OH is 1. The summed E-state index contributed by atoms with van der Waals surface area (Å²) < 4.78 is 5.01. The maximum absolute atomic E-state index is 8.50. The van der Waals surface area contributed by atoms with Gasteiger partial charge in [-0.05, 0) is 24.3 Å². The maximum atomic E-state index is 8.50. The topological polar surface area (TPSA) is 29.5 Å². The summed E-state index contributed by atoms with van der Waals surface area (Å²) in [6, 6.07) is 7.51. The second kappa shape index (κ2) is 5.23. The van der Waals surface area contributed by atoms with E-state index in [2.05, 4.69) is 11.8 Å². The quantitative estimate of drug-likeness (QED) is 0.691. The van der Waals surface area contributed by atoms with Crippen LogP contribution in [0.1, 0.15) is 12.0 Å². The molecule has 0 saturated heterocycles. The highest BCUT2D eigenvalue weighted by Crippen LogP contribution is 2.09. The van der Waals surface area contributed by atoms with Gasteiger partial charge in [-0.3, -0.25) is 0 Å². The average molecular weight is 176 g/mol. The van der Waals surface area contributed by atoms with Crippen molar-refractivity contribution < 1.29 is 9.84 Å². The van der Waals surface area contributed by atoms with Gasteiger partial charge in [-0.25, -0.2) is 0 Å². The Morgan fingerprint density at radius 2 is 2.00 bits per heavy atom. The summed E-state index contributed by atoms with van der Waals surface area (Å²) in [5.41, 5.74) is 0.939. The molecule has 0 unspecified atom stereocenters. The van der Waals surface area contributed by atoms with Crippen molar-refractivity contribution in [2.24, 2.45) is 0 Å². The van der Waals surface area contributed by atoms with Crippen molar-refractivity contribution in [1.82, 2.24) is 0 Å². The second-order valence-corrected chi connectivity index (χ2v) is 2.50. The van der Waals surface area contributed by atoms with Crippen LogP contribution in [0.25, 0.3) is 0 Å². The van der Waals surface area contributed by atoms with Crippen LogP contribution in [-0.2, 0) is 0 Å². The summed E-state index contributed by atoms with van der Waals surface area (Å²) >= 11 is 0. The lowest BCUT2D eigenvalue weighted by Gasteiger charge is -1.97. The minimum Gasteiger partial charge on any atom is -0.497 e. The zero-order valence-electron chi connectivity index (χ0n) is 7.58. The fraction of sp³-hybridized carbons (Fsp3) is 0.273. The van der Waals surface area contributed by atoms with Crippen LogP contribution in [0.3, 0.4) is 0 Å². The van der Waals surface area contributed by atoms with E-state index in [0.717, 1.165) is 11.3 Å². The van der Waals surface area contributed by atoms with E-state index in [1.807, 2.05) is 24.3 Å². The predicted octanol–water partition coefficient (Wildman–Crippen LogP) is 1.43. The van der Waals surface area contributed by atoms with E-state index in [-0.39, 0.29) is 6.61 Å². The first-order valence-corrected chi connectivity index (χ1v) is 4.10. The van der Waals surface area contributed by atoms with Gasteiger partial charge in [-0.15, -0.1) is 0 Å². The third kappa shape index (κ3) is 3.18. The summed E-state index contributed by atoms with van der Waals surface area (Å²) in [6.45, 7) is 0.114. The zero-order valence-corrected chi connectivity index (χ0v) is 7.58. The number of methoxy groups -OCH3 is 1. The van der Waals surface area contributed by atoms with Crippen molar-refractivity contribution in [3.63, 3.8) is 0 Å². The molecule has 0 bridgehead atoms. The van der Waals surface area contributed by atoms with Gasteiger partial charge in [0.25, 0.3) is 0 Å². The Labute approximate surface area is 78.2 Å². The molecule has 13 heavy (non-hydrogen) atoms. The minimum atomic E-state index is 0.114. The smallest absolute Gasteiger partial charge is 0.118 e. The van der Waals surface area contributed by atoms with Crippen molar-refractivity contribution in [2.75, 3.05) is 13.7 Å². The second-order valence-electron chi connectivity index (χ2n) is 2.50. The summed E-state index contributed by atoms with van der Waals surface area (Å²) in [7, 11) is 1.63. The summed E-state index contributed by atoms with van der Waals surface area (Å²) in [5.74, 6) is 6.61. The molecule has 0 heterocycles. The molecule has 0 aromatic heterocycles. The summed E-state index contributed by atoms with van der Waals surface area (Å²) in [6.07, 6.45) is 0.520. The number of rotatable bonds is 2.